The molecule has 0 aliphatic carbocycles. The molecule has 0 aliphatic heterocycles. The first kappa shape index (κ1) is 10.1. The molecule has 3 nitrogen and oxygen atoms in total. The van der Waals surface area contributed by atoms with Gasteiger partial charge < -0.3 is 9.42 Å². The van der Waals surface area contributed by atoms with Crippen molar-refractivity contribution >= 4 is 5.69 Å². The second-order valence-electron chi connectivity index (χ2n) is 3.95. The first-order valence-electron chi connectivity index (χ1n) is 4.66. The Kier molecular flexibility index (Phi) is 2.96. The van der Waals surface area contributed by atoms with E-state index in [1.807, 2.05) is 13.8 Å². The van der Waals surface area contributed by atoms with Gasteiger partial charge in [0.15, 0.2) is 5.76 Å². The molecule has 0 aliphatic rings. The Hall–Kier alpha value is -0.990. The van der Waals surface area contributed by atoms with Crippen LogP contribution in [0.4, 0.5) is 5.69 Å². The van der Waals surface area contributed by atoms with E-state index in [-0.39, 0.29) is 0 Å². The van der Waals surface area contributed by atoms with Gasteiger partial charge in [-0.1, -0.05) is 19.0 Å². The second-order valence-corrected chi connectivity index (χ2v) is 3.95. The second kappa shape index (κ2) is 3.81. The first-order chi connectivity index (χ1) is 6.02. The fourth-order valence-corrected chi connectivity index (χ4v) is 1.66. The highest BCUT2D eigenvalue weighted by Crippen LogP contribution is 2.23. The van der Waals surface area contributed by atoms with Gasteiger partial charge in [0.2, 0.25) is 0 Å². The molecule has 0 N–H and O–H groups in total. The number of anilines is 1. The molecule has 0 unspecified atom stereocenters. The molecule has 1 aromatic heterocycles. The van der Waals surface area contributed by atoms with Crippen LogP contribution in [0.3, 0.4) is 0 Å². The fraction of sp³-hybridized carbons (Fsp3) is 0.700. The van der Waals surface area contributed by atoms with Crippen molar-refractivity contribution in [2.45, 2.75) is 27.7 Å². The van der Waals surface area contributed by atoms with Gasteiger partial charge in [0, 0.05) is 13.6 Å². The molecule has 0 radical (unpaired) electrons. The lowest BCUT2D eigenvalue weighted by molar-refractivity contribution is 0.393. The van der Waals surface area contributed by atoms with Crippen LogP contribution in [0.1, 0.15) is 25.3 Å². The number of hydrogen-bond donors (Lipinski definition) is 0. The minimum absolute atomic E-state index is 0.652. The van der Waals surface area contributed by atoms with Crippen LogP contribution in [0.2, 0.25) is 0 Å². The predicted molar refractivity (Wildman–Crippen MR) is 54.1 cm³/mol. The zero-order chi connectivity index (χ0) is 10.0. The summed E-state index contributed by atoms with van der Waals surface area (Å²) in [7, 11) is 2.08. The maximum absolute atomic E-state index is 5.11. The van der Waals surface area contributed by atoms with Gasteiger partial charge in [-0.05, 0) is 19.8 Å². The summed E-state index contributed by atoms with van der Waals surface area (Å²) in [5.41, 5.74) is 2.11. The Morgan fingerprint density at radius 2 is 2.00 bits per heavy atom. The average Bonchev–Trinajstić information content (AvgIpc) is 2.29. The number of aryl methyl sites for hydroxylation is 2. The summed E-state index contributed by atoms with van der Waals surface area (Å²) in [5.74, 6) is 1.55. The van der Waals surface area contributed by atoms with Crippen molar-refractivity contribution in [2.24, 2.45) is 5.92 Å². The molecule has 0 aromatic carbocycles. The van der Waals surface area contributed by atoms with Gasteiger partial charge in [0.25, 0.3) is 0 Å². The molecule has 74 valence electrons. The lowest BCUT2D eigenvalue weighted by atomic mass is 10.2. The highest BCUT2D eigenvalue weighted by atomic mass is 16.5. The third kappa shape index (κ3) is 2.23. The van der Waals surface area contributed by atoms with Crippen molar-refractivity contribution in [1.82, 2.24) is 5.16 Å². The number of nitrogens with zero attached hydrogens (tertiary/aromatic N) is 2. The third-order valence-electron chi connectivity index (χ3n) is 2.02. The van der Waals surface area contributed by atoms with E-state index in [1.165, 1.54) is 0 Å². The standard InChI is InChI=1S/C10H18N2O/c1-7(2)6-12(5)10-8(3)11-13-9(10)4/h7H,6H2,1-5H3. The summed E-state index contributed by atoms with van der Waals surface area (Å²) < 4.78 is 5.11. The molecule has 3 heteroatoms. The Balaban J connectivity index is 2.81. The summed E-state index contributed by atoms with van der Waals surface area (Å²) in [6, 6.07) is 0. The van der Waals surface area contributed by atoms with Crippen molar-refractivity contribution < 1.29 is 4.52 Å². The van der Waals surface area contributed by atoms with Gasteiger partial charge in [-0.2, -0.15) is 0 Å². The van der Waals surface area contributed by atoms with Gasteiger partial charge >= 0.3 is 0 Å². The maximum Gasteiger partial charge on any atom is 0.157 e. The monoisotopic (exact) mass is 182 g/mol. The zero-order valence-electron chi connectivity index (χ0n) is 9.09. The molecule has 0 fully saturated rings. The molecule has 0 spiro atoms. The van der Waals surface area contributed by atoms with E-state index in [2.05, 4.69) is 31.0 Å². The van der Waals surface area contributed by atoms with E-state index in [9.17, 15) is 0 Å². The Morgan fingerprint density at radius 3 is 2.38 bits per heavy atom. The molecule has 0 saturated carbocycles. The normalized spacial score (nSPS) is 10.9. The lowest BCUT2D eigenvalue weighted by Crippen LogP contribution is -2.23. The van der Waals surface area contributed by atoms with Crippen LogP contribution in [-0.2, 0) is 0 Å². The molecule has 1 heterocycles. The largest absolute Gasteiger partial charge is 0.370 e. The molecule has 0 saturated heterocycles. The summed E-state index contributed by atoms with van der Waals surface area (Å²) in [4.78, 5) is 2.20. The van der Waals surface area contributed by atoms with Crippen LogP contribution in [0.15, 0.2) is 4.52 Å². The predicted octanol–water partition coefficient (Wildman–Crippen LogP) is 2.38. The molecule has 1 rings (SSSR count). The lowest BCUT2D eigenvalue weighted by Gasteiger charge is -2.20. The van der Waals surface area contributed by atoms with Gasteiger partial charge in [-0.25, -0.2) is 0 Å². The van der Waals surface area contributed by atoms with E-state index in [1.54, 1.807) is 0 Å². The average molecular weight is 182 g/mol. The SMILES string of the molecule is Cc1noc(C)c1N(C)CC(C)C. The Bertz CT molecular complexity index is 259. The van der Waals surface area contributed by atoms with Crippen LogP contribution in [-0.4, -0.2) is 18.7 Å². The van der Waals surface area contributed by atoms with Gasteiger partial charge in [-0.15, -0.1) is 0 Å². The molecule has 1 aromatic rings. The van der Waals surface area contributed by atoms with Crippen molar-refractivity contribution in [3.05, 3.63) is 11.5 Å². The van der Waals surface area contributed by atoms with Crippen LogP contribution < -0.4 is 4.90 Å². The van der Waals surface area contributed by atoms with E-state index in [0.29, 0.717) is 5.92 Å². The summed E-state index contributed by atoms with van der Waals surface area (Å²) in [5, 5.41) is 3.93. The maximum atomic E-state index is 5.11. The number of aromatic nitrogens is 1. The van der Waals surface area contributed by atoms with E-state index in [4.69, 9.17) is 4.52 Å². The summed E-state index contributed by atoms with van der Waals surface area (Å²) in [6.45, 7) is 9.36. The van der Waals surface area contributed by atoms with E-state index in [0.717, 1.165) is 23.7 Å². The van der Waals surface area contributed by atoms with Crippen molar-refractivity contribution in [1.29, 1.82) is 0 Å². The minimum Gasteiger partial charge on any atom is -0.370 e. The van der Waals surface area contributed by atoms with Crippen LogP contribution in [0, 0.1) is 19.8 Å². The Labute approximate surface area is 79.7 Å². The topological polar surface area (TPSA) is 29.3 Å². The Morgan fingerprint density at radius 1 is 1.38 bits per heavy atom. The highest BCUT2D eigenvalue weighted by Gasteiger charge is 2.13. The molecule has 0 amide bonds. The van der Waals surface area contributed by atoms with Crippen molar-refractivity contribution in [2.75, 3.05) is 18.5 Å². The van der Waals surface area contributed by atoms with Crippen molar-refractivity contribution in [3.8, 4) is 0 Å². The number of hydrogen-bond acceptors (Lipinski definition) is 3. The molecular formula is C10H18N2O. The van der Waals surface area contributed by atoms with Crippen molar-refractivity contribution in [3.63, 3.8) is 0 Å². The van der Waals surface area contributed by atoms with Gasteiger partial charge in [0.1, 0.15) is 11.4 Å². The van der Waals surface area contributed by atoms with E-state index < -0.39 is 0 Å². The molecular weight excluding hydrogens is 164 g/mol. The third-order valence-corrected chi connectivity index (χ3v) is 2.02. The molecule has 0 atom stereocenters. The highest BCUT2D eigenvalue weighted by molar-refractivity contribution is 5.52. The molecule has 0 bridgehead atoms. The fourth-order valence-electron chi connectivity index (χ4n) is 1.66. The van der Waals surface area contributed by atoms with E-state index >= 15 is 0 Å². The quantitative estimate of drug-likeness (QED) is 0.718. The van der Waals surface area contributed by atoms with Gasteiger partial charge in [0.05, 0.1) is 0 Å². The smallest absolute Gasteiger partial charge is 0.157 e. The van der Waals surface area contributed by atoms with Crippen LogP contribution in [0.25, 0.3) is 0 Å². The van der Waals surface area contributed by atoms with Gasteiger partial charge in [-0.3, -0.25) is 0 Å². The molecule has 13 heavy (non-hydrogen) atoms. The summed E-state index contributed by atoms with van der Waals surface area (Å²) in [6.07, 6.45) is 0. The van der Waals surface area contributed by atoms with Crippen LogP contribution in [0.5, 0.6) is 0 Å². The first-order valence-corrected chi connectivity index (χ1v) is 4.66. The zero-order valence-corrected chi connectivity index (χ0v) is 9.09. The minimum atomic E-state index is 0.652. The number of rotatable bonds is 3. The van der Waals surface area contributed by atoms with Crippen LogP contribution >= 0.6 is 0 Å². The summed E-state index contributed by atoms with van der Waals surface area (Å²) >= 11 is 0.